The van der Waals surface area contributed by atoms with Gasteiger partial charge in [-0.2, -0.15) is 5.10 Å². The Balaban J connectivity index is 1.70. The Kier molecular flexibility index (Phi) is 4.47. The molecule has 0 aliphatic carbocycles. The van der Waals surface area contributed by atoms with Crippen LogP contribution in [-0.2, 0) is 16.0 Å². The number of rotatable bonds is 3. The molecule has 128 valence electrons. The van der Waals surface area contributed by atoms with E-state index in [9.17, 15) is 4.79 Å². The zero-order valence-electron chi connectivity index (χ0n) is 14.6. The zero-order chi connectivity index (χ0) is 16.6. The highest BCUT2D eigenvalue weighted by Crippen LogP contribution is 2.34. The number of aryl methyl sites for hydroxylation is 2. The van der Waals surface area contributed by atoms with Crippen LogP contribution in [0.4, 0.5) is 0 Å². The van der Waals surface area contributed by atoms with Crippen molar-refractivity contribution in [3.8, 4) is 0 Å². The summed E-state index contributed by atoms with van der Waals surface area (Å²) < 4.78 is 13.7. The maximum atomic E-state index is 12.9. The van der Waals surface area contributed by atoms with Crippen molar-refractivity contribution in [3.05, 3.63) is 17.0 Å². The van der Waals surface area contributed by atoms with Gasteiger partial charge < -0.3 is 14.4 Å². The summed E-state index contributed by atoms with van der Waals surface area (Å²) in [6.45, 7) is 10.9. The number of hydrogen-bond acceptors (Lipinski definition) is 4. The Labute approximate surface area is 137 Å². The van der Waals surface area contributed by atoms with Crippen molar-refractivity contribution in [2.75, 3.05) is 19.7 Å². The smallest absolute Gasteiger partial charge is 0.257 e. The maximum Gasteiger partial charge on any atom is 0.257 e. The van der Waals surface area contributed by atoms with E-state index < -0.39 is 5.79 Å². The summed E-state index contributed by atoms with van der Waals surface area (Å²) in [5.41, 5.74) is 2.55. The van der Waals surface area contributed by atoms with Gasteiger partial charge in [0, 0.05) is 38.2 Å². The van der Waals surface area contributed by atoms with E-state index in [1.54, 1.807) is 0 Å². The minimum Gasteiger partial charge on any atom is -0.347 e. The van der Waals surface area contributed by atoms with Gasteiger partial charge in [-0.05, 0) is 27.2 Å². The summed E-state index contributed by atoms with van der Waals surface area (Å²) in [5.74, 6) is -0.379. The molecule has 2 saturated heterocycles. The molecule has 23 heavy (non-hydrogen) atoms. The Morgan fingerprint density at radius 2 is 2.04 bits per heavy atom. The molecular weight excluding hydrogens is 294 g/mol. The SMILES string of the molecule is CCCn1nc(C)c(C(=O)N2CCC3(CC2)OCC(C)O3)c1C. The zero-order valence-corrected chi connectivity index (χ0v) is 14.6. The molecule has 1 aromatic rings. The molecule has 1 spiro atoms. The second-order valence-electron chi connectivity index (χ2n) is 6.71. The van der Waals surface area contributed by atoms with Crippen LogP contribution in [0, 0.1) is 13.8 Å². The highest BCUT2D eigenvalue weighted by Gasteiger charge is 2.43. The van der Waals surface area contributed by atoms with Crippen molar-refractivity contribution in [1.82, 2.24) is 14.7 Å². The third-order valence-corrected chi connectivity index (χ3v) is 4.84. The van der Waals surface area contributed by atoms with Gasteiger partial charge in [-0.25, -0.2) is 0 Å². The van der Waals surface area contributed by atoms with Crippen molar-refractivity contribution in [2.45, 2.75) is 65.4 Å². The number of nitrogens with zero attached hydrogens (tertiary/aromatic N) is 3. The van der Waals surface area contributed by atoms with Gasteiger partial charge in [0.2, 0.25) is 0 Å². The number of hydrogen-bond donors (Lipinski definition) is 0. The maximum absolute atomic E-state index is 12.9. The van der Waals surface area contributed by atoms with Gasteiger partial charge >= 0.3 is 0 Å². The van der Waals surface area contributed by atoms with Crippen LogP contribution in [0.2, 0.25) is 0 Å². The molecule has 6 heteroatoms. The van der Waals surface area contributed by atoms with E-state index in [4.69, 9.17) is 9.47 Å². The normalized spacial score (nSPS) is 23.7. The molecule has 0 saturated carbocycles. The fraction of sp³-hybridized carbons (Fsp3) is 0.765. The first-order chi connectivity index (χ1) is 11.0. The Bertz CT molecular complexity index is 588. The number of aromatic nitrogens is 2. The standard InChI is InChI=1S/C17H27N3O3/c1-5-8-20-14(4)15(13(3)18-20)16(21)19-9-6-17(7-10-19)22-11-12(2)23-17/h12H,5-11H2,1-4H3. The van der Waals surface area contributed by atoms with E-state index in [0.29, 0.717) is 19.7 Å². The van der Waals surface area contributed by atoms with Gasteiger partial charge in [0.1, 0.15) is 0 Å². The lowest BCUT2D eigenvalue weighted by Crippen LogP contribution is -2.47. The lowest BCUT2D eigenvalue weighted by molar-refractivity contribution is -0.189. The highest BCUT2D eigenvalue weighted by molar-refractivity contribution is 5.96. The topological polar surface area (TPSA) is 56.6 Å². The van der Waals surface area contributed by atoms with E-state index >= 15 is 0 Å². The largest absolute Gasteiger partial charge is 0.347 e. The predicted molar refractivity (Wildman–Crippen MR) is 86.4 cm³/mol. The van der Waals surface area contributed by atoms with Crippen LogP contribution in [0.3, 0.4) is 0 Å². The van der Waals surface area contributed by atoms with E-state index in [-0.39, 0.29) is 12.0 Å². The molecule has 0 radical (unpaired) electrons. The molecule has 0 aromatic carbocycles. The first kappa shape index (κ1) is 16.5. The average molecular weight is 321 g/mol. The van der Waals surface area contributed by atoms with E-state index in [1.165, 1.54) is 0 Å². The van der Waals surface area contributed by atoms with Crippen molar-refractivity contribution in [3.63, 3.8) is 0 Å². The molecule has 0 N–H and O–H groups in total. The van der Waals surface area contributed by atoms with Crippen molar-refractivity contribution in [2.24, 2.45) is 0 Å². The van der Waals surface area contributed by atoms with E-state index in [2.05, 4.69) is 12.0 Å². The molecule has 0 bridgehead atoms. The summed E-state index contributed by atoms with van der Waals surface area (Å²) in [6.07, 6.45) is 2.64. The van der Waals surface area contributed by atoms with Gasteiger partial charge in [-0.3, -0.25) is 9.48 Å². The van der Waals surface area contributed by atoms with Crippen LogP contribution in [0.5, 0.6) is 0 Å². The fourth-order valence-electron chi connectivity index (χ4n) is 3.61. The average Bonchev–Trinajstić information content (AvgIpc) is 3.01. The molecule has 1 atom stereocenters. The van der Waals surface area contributed by atoms with Crippen molar-refractivity contribution in [1.29, 1.82) is 0 Å². The summed E-state index contributed by atoms with van der Waals surface area (Å²) in [7, 11) is 0. The van der Waals surface area contributed by atoms with Gasteiger partial charge in [0.25, 0.3) is 5.91 Å². The lowest BCUT2D eigenvalue weighted by atomic mass is 10.0. The predicted octanol–water partition coefficient (Wildman–Crippen LogP) is 2.28. The van der Waals surface area contributed by atoms with Crippen LogP contribution >= 0.6 is 0 Å². The third kappa shape index (κ3) is 3.02. The van der Waals surface area contributed by atoms with Crippen molar-refractivity contribution < 1.29 is 14.3 Å². The minimum atomic E-state index is -0.466. The summed E-state index contributed by atoms with van der Waals surface area (Å²) in [4.78, 5) is 14.8. The Morgan fingerprint density at radius 3 is 2.61 bits per heavy atom. The molecule has 3 rings (SSSR count). The summed E-state index contributed by atoms with van der Waals surface area (Å²) >= 11 is 0. The summed E-state index contributed by atoms with van der Waals surface area (Å²) in [6, 6.07) is 0. The highest BCUT2D eigenvalue weighted by atomic mass is 16.7. The minimum absolute atomic E-state index is 0.0863. The number of likely N-dealkylation sites (tertiary alicyclic amines) is 1. The number of ether oxygens (including phenoxy) is 2. The molecule has 1 amide bonds. The Morgan fingerprint density at radius 1 is 1.35 bits per heavy atom. The number of carbonyl (C=O) groups excluding carboxylic acids is 1. The molecule has 3 heterocycles. The first-order valence-corrected chi connectivity index (χ1v) is 8.61. The van der Waals surface area contributed by atoms with Crippen LogP contribution in [0.1, 0.15) is 54.9 Å². The summed E-state index contributed by atoms with van der Waals surface area (Å²) in [5, 5.41) is 4.52. The lowest BCUT2D eigenvalue weighted by Gasteiger charge is -2.37. The van der Waals surface area contributed by atoms with Crippen molar-refractivity contribution >= 4 is 5.91 Å². The van der Waals surface area contributed by atoms with Crippen LogP contribution in [-0.4, -0.2) is 52.2 Å². The first-order valence-electron chi connectivity index (χ1n) is 8.61. The van der Waals surface area contributed by atoms with Crippen LogP contribution in [0.15, 0.2) is 0 Å². The van der Waals surface area contributed by atoms with Crippen LogP contribution in [0.25, 0.3) is 0 Å². The fourth-order valence-corrected chi connectivity index (χ4v) is 3.61. The van der Waals surface area contributed by atoms with Gasteiger partial charge in [0.05, 0.1) is 24.0 Å². The van der Waals surface area contributed by atoms with E-state index in [0.717, 1.165) is 42.8 Å². The Hall–Kier alpha value is -1.40. The second kappa shape index (κ2) is 6.24. The molecule has 2 fully saturated rings. The third-order valence-electron chi connectivity index (χ3n) is 4.84. The molecule has 1 unspecified atom stereocenters. The number of amides is 1. The quantitative estimate of drug-likeness (QED) is 0.857. The monoisotopic (exact) mass is 321 g/mol. The van der Waals surface area contributed by atoms with Gasteiger partial charge in [-0.15, -0.1) is 0 Å². The number of carbonyl (C=O) groups is 1. The molecule has 6 nitrogen and oxygen atoms in total. The van der Waals surface area contributed by atoms with Gasteiger partial charge in [-0.1, -0.05) is 6.92 Å². The molecular formula is C17H27N3O3. The van der Waals surface area contributed by atoms with E-state index in [1.807, 2.05) is 30.4 Å². The van der Waals surface area contributed by atoms with Gasteiger partial charge in [0.15, 0.2) is 5.79 Å². The molecule has 2 aliphatic rings. The second-order valence-corrected chi connectivity index (χ2v) is 6.71. The number of piperidine rings is 1. The van der Waals surface area contributed by atoms with Crippen LogP contribution < -0.4 is 0 Å². The molecule has 1 aromatic heterocycles. The molecule has 2 aliphatic heterocycles.